The number of aromatic amines is 1. The predicted octanol–water partition coefficient (Wildman–Crippen LogP) is 3.73. The van der Waals surface area contributed by atoms with Gasteiger partial charge in [-0.1, -0.05) is 12.1 Å². The minimum atomic E-state index is -0.201. The van der Waals surface area contributed by atoms with Gasteiger partial charge in [-0.25, -0.2) is 4.39 Å². The molecule has 0 saturated carbocycles. The molecule has 96 valence electrons. The van der Waals surface area contributed by atoms with Gasteiger partial charge in [0.2, 0.25) is 0 Å². The Balaban J connectivity index is 2.26. The maximum absolute atomic E-state index is 13.5. The standard InChI is InChI=1S/C14H18FN3/c1-9-5-6-10(7-11(9)15)12-8-13(18-17-12)16-14(2,3)4/h5-8H,1-4H3,(H2,16,17,18). The van der Waals surface area contributed by atoms with Gasteiger partial charge in [0.15, 0.2) is 0 Å². The topological polar surface area (TPSA) is 40.7 Å². The first-order valence-electron chi connectivity index (χ1n) is 5.95. The molecular formula is C14H18FN3. The monoisotopic (exact) mass is 247 g/mol. The van der Waals surface area contributed by atoms with Crippen molar-refractivity contribution in [1.82, 2.24) is 10.2 Å². The maximum atomic E-state index is 13.5. The van der Waals surface area contributed by atoms with Gasteiger partial charge in [-0.3, -0.25) is 5.10 Å². The molecular weight excluding hydrogens is 229 g/mol. The molecule has 18 heavy (non-hydrogen) atoms. The molecule has 0 atom stereocenters. The third-order valence-electron chi connectivity index (χ3n) is 2.56. The van der Waals surface area contributed by atoms with Gasteiger partial charge >= 0.3 is 0 Å². The van der Waals surface area contributed by atoms with Gasteiger partial charge in [0.25, 0.3) is 0 Å². The molecule has 0 spiro atoms. The molecule has 0 amide bonds. The van der Waals surface area contributed by atoms with Crippen LogP contribution in [0.25, 0.3) is 11.3 Å². The van der Waals surface area contributed by atoms with Gasteiger partial charge in [0.05, 0.1) is 5.69 Å². The zero-order valence-electron chi connectivity index (χ0n) is 11.1. The van der Waals surface area contributed by atoms with Crippen LogP contribution in [0.3, 0.4) is 0 Å². The molecule has 0 aliphatic heterocycles. The summed E-state index contributed by atoms with van der Waals surface area (Å²) in [6.07, 6.45) is 0. The van der Waals surface area contributed by atoms with Crippen LogP contribution in [0.5, 0.6) is 0 Å². The van der Waals surface area contributed by atoms with Crippen LogP contribution in [0.4, 0.5) is 10.2 Å². The Hall–Kier alpha value is -1.84. The molecule has 0 bridgehead atoms. The van der Waals surface area contributed by atoms with Crippen molar-refractivity contribution in [1.29, 1.82) is 0 Å². The lowest BCUT2D eigenvalue weighted by molar-refractivity contribution is 0.619. The van der Waals surface area contributed by atoms with Crippen LogP contribution < -0.4 is 5.32 Å². The Morgan fingerprint density at radius 2 is 1.94 bits per heavy atom. The maximum Gasteiger partial charge on any atom is 0.148 e. The number of nitrogens with one attached hydrogen (secondary N) is 2. The zero-order valence-corrected chi connectivity index (χ0v) is 11.1. The van der Waals surface area contributed by atoms with Crippen molar-refractivity contribution in [3.8, 4) is 11.3 Å². The van der Waals surface area contributed by atoms with Crippen molar-refractivity contribution < 1.29 is 4.39 Å². The molecule has 0 aliphatic rings. The molecule has 3 nitrogen and oxygen atoms in total. The lowest BCUT2D eigenvalue weighted by Crippen LogP contribution is -2.26. The minimum absolute atomic E-state index is 0.0506. The molecule has 0 radical (unpaired) electrons. The Morgan fingerprint density at radius 3 is 2.56 bits per heavy atom. The quantitative estimate of drug-likeness (QED) is 0.848. The molecule has 0 fully saturated rings. The molecule has 1 heterocycles. The highest BCUT2D eigenvalue weighted by Gasteiger charge is 2.12. The molecule has 0 aliphatic carbocycles. The van der Waals surface area contributed by atoms with E-state index in [0.717, 1.165) is 17.1 Å². The van der Waals surface area contributed by atoms with E-state index in [9.17, 15) is 4.39 Å². The Labute approximate surface area is 106 Å². The number of hydrogen-bond acceptors (Lipinski definition) is 2. The van der Waals surface area contributed by atoms with Crippen molar-refractivity contribution in [3.05, 3.63) is 35.6 Å². The number of hydrogen-bond donors (Lipinski definition) is 2. The largest absolute Gasteiger partial charge is 0.364 e. The lowest BCUT2D eigenvalue weighted by Gasteiger charge is -2.19. The summed E-state index contributed by atoms with van der Waals surface area (Å²) in [5, 5.41) is 10.3. The van der Waals surface area contributed by atoms with Gasteiger partial charge in [0.1, 0.15) is 11.6 Å². The fraction of sp³-hybridized carbons (Fsp3) is 0.357. The van der Waals surface area contributed by atoms with Crippen molar-refractivity contribution >= 4 is 5.82 Å². The summed E-state index contributed by atoms with van der Waals surface area (Å²) >= 11 is 0. The molecule has 4 heteroatoms. The Kier molecular flexibility index (Phi) is 3.11. The van der Waals surface area contributed by atoms with Crippen LogP contribution in [0.15, 0.2) is 24.3 Å². The van der Waals surface area contributed by atoms with E-state index in [4.69, 9.17) is 0 Å². The third-order valence-corrected chi connectivity index (χ3v) is 2.56. The van der Waals surface area contributed by atoms with Crippen LogP contribution in [-0.4, -0.2) is 15.7 Å². The normalized spacial score (nSPS) is 11.6. The average Bonchev–Trinajstić information content (AvgIpc) is 2.68. The summed E-state index contributed by atoms with van der Waals surface area (Å²) in [5.41, 5.74) is 2.20. The second-order valence-electron chi connectivity index (χ2n) is 5.51. The summed E-state index contributed by atoms with van der Waals surface area (Å²) in [4.78, 5) is 0. The van der Waals surface area contributed by atoms with E-state index in [1.54, 1.807) is 13.0 Å². The van der Waals surface area contributed by atoms with Gasteiger partial charge in [-0.15, -0.1) is 0 Å². The molecule has 2 N–H and O–H groups in total. The SMILES string of the molecule is Cc1ccc(-c2cc(NC(C)(C)C)n[nH]2)cc1F. The fourth-order valence-corrected chi connectivity index (χ4v) is 1.68. The zero-order chi connectivity index (χ0) is 13.3. The van der Waals surface area contributed by atoms with E-state index < -0.39 is 0 Å². The second kappa shape index (κ2) is 4.44. The fourth-order valence-electron chi connectivity index (χ4n) is 1.68. The van der Waals surface area contributed by atoms with Crippen molar-refractivity contribution in [3.63, 3.8) is 0 Å². The molecule has 0 saturated heterocycles. The first-order valence-corrected chi connectivity index (χ1v) is 5.95. The van der Waals surface area contributed by atoms with E-state index in [-0.39, 0.29) is 11.4 Å². The number of anilines is 1. The van der Waals surface area contributed by atoms with E-state index in [2.05, 4.69) is 36.3 Å². The highest BCUT2D eigenvalue weighted by atomic mass is 19.1. The number of nitrogens with zero attached hydrogens (tertiary/aromatic N) is 1. The van der Waals surface area contributed by atoms with Crippen molar-refractivity contribution in [2.24, 2.45) is 0 Å². The van der Waals surface area contributed by atoms with Gasteiger partial charge in [-0.2, -0.15) is 5.10 Å². The summed E-state index contributed by atoms with van der Waals surface area (Å²) in [6, 6.07) is 7.05. The number of aromatic nitrogens is 2. The number of H-pyrrole nitrogens is 1. The minimum Gasteiger partial charge on any atom is -0.364 e. The molecule has 1 aromatic heterocycles. The second-order valence-corrected chi connectivity index (χ2v) is 5.51. The number of rotatable bonds is 2. The summed E-state index contributed by atoms with van der Waals surface area (Å²) in [6.45, 7) is 7.94. The van der Waals surface area contributed by atoms with Crippen LogP contribution in [0, 0.1) is 12.7 Å². The first kappa shape index (κ1) is 12.6. The van der Waals surface area contributed by atoms with Gasteiger partial charge in [0, 0.05) is 17.2 Å². The van der Waals surface area contributed by atoms with Crippen LogP contribution in [0.2, 0.25) is 0 Å². The van der Waals surface area contributed by atoms with E-state index in [1.807, 2.05) is 12.1 Å². The Bertz CT molecular complexity index is 552. The van der Waals surface area contributed by atoms with Crippen LogP contribution in [0.1, 0.15) is 26.3 Å². The smallest absolute Gasteiger partial charge is 0.148 e. The number of aryl methyl sites for hydroxylation is 1. The van der Waals surface area contributed by atoms with Crippen molar-refractivity contribution in [2.45, 2.75) is 33.2 Å². The van der Waals surface area contributed by atoms with Gasteiger partial charge in [-0.05, 0) is 39.3 Å². The van der Waals surface area contributed by atoms with E-state index >= 15 is 0 Å². The molecule has 0 unspecified atom stereocenters. The highest BCUT2D eigenvalue weighted by molar-refractivity contribution is 5.63. The summed E-state index contributed by atoms with van der Waals surface area (Å²) in [7, 11) is 0. The highest BCUT2D eigenvalue weighted by Crippen LogP contribution is 2.23. The summed E-state index contributed by atoms with van der Waals surface area (Å²) < 4.78 is 13.5. The van der Waals surface area contributed by atoms with E-state index in [0.29, 0.717) is 5.56 Å². The number of halogens is 1. The molecule has 1 aromatic carbocycles. The molecule has 2 rings (SSSR count). The van der Waals surface area contributed by atoms with Crippen LogP contribution in [-0.2, 0) is 0 Å². The van der Waals surface area contributed by atoms with Crippen molar-refractivity contribution in [2.75, 3.05) is 5.32 Å². The summed E-state index contributed by atoms with van der Waals surface area (Å²) in [5.74, 6) is 0.561. The van der Waals surface area contributed by atoms with Crippen LogP contribution >= 0.6 is 0 Å². The lowest BCUT2D eigenvalue weighted by atomic mass is 10.1. The Morgan fingerprint density at radius 1 is 1.22 bits per heavy atom. The third kappa shape index (κ3) is 2.88. The first-order chi connectivity index (χ1) is 8.35. The molecule has 2 aromatic rings. The van der Waals surface area contributed by atoms with E-state index in [1.165, 1.54) is 6.07 Å². The average molecular weight is 247 g/mol. The van der Waals surface area contributed by atoms with Gasteiger partial charge < -0.3 is 5.32 Å². The number of benzene rings is 1. The predicted molar refractivity (Wildman–Crippen MR) is 72.1 cm³/mol.